The minimum atomic E-state index is -4.36. The van der Waals surface area contributed by atoms with Crippen LogP contribution in [0.1, 0.15) is 15.9 Å². The van der Waals surface area contributed by atoms with E-state index in [0.29, 0.717) is 22.5 Å². The van der Waals surface area contributed by atoms with Gasteiger partial charge in [-0.25, -0.2) is 0 Å². The van der Waals surface area contributed by atoms with Gasteiger partial charge in [-0.05, 0) is 35.9 Å². The summed E-state index contributed by atoms with van der Waals surface area (Å²) in [6, 6.07) is 13.7. The zero-order valence-corrected chi connectivity index (χ0v) is 14.1. The number of aryl methyl sites for hydroxylation is 1. The third-order valence-corrected chi connectivity index (χ3v) is 4.06. The monoisotopic (exact) mass is 359 g/mol. The first-order valence-corrected chi connectivity index (χ1v) is 7.84. The third-order valence-electron chi connectivity index (χ3n) is 4.06. The van der Waals surface area contributed by atoms with E-state index in [2.05, 4.69) is 10.4 Å². The Balaban J connectivity index is 1.91. The summed E-state index contributed by atoms with van der Waals surface area (Å²) in [4.78, 5) is 11.6. The summed E-state index contributed by atoms with van der Waals surface area (Å²) in [6.07, 6.45) is -4.36. The Morgan fingerprint density at radius 2 is 1.58 bits per heavy atom. The standard InChI is InChI=1S/C19H16F3N3O/c1-23-18(26)14-5-3-12(4-6-14)16-11-17(25(2)24-16)13-7-9-15(10-8-13)19(20,21)22/h3-11H,1-2H3,(H,23,26). The van der Waals surface area contributed by atoms with Crippen LogP contribution in [0.3, 0.4) is 0 Å². The number of aromatic nitrogens is 2. The van der Waals surface area contributed by atoms with Gasteiger partial charge in [0.2, 0.25) is 0 Å². The molecule has 0 spiro atoms. The van der Waals surface area contributed by atoms with Crippen LogP contribution in [-0.4, -0.2) is 22.7 Å². The Kier molecular flexibility index (Phi) is 4.54. The first-order valence-electron chi connectivity index (χ1n) is 7.84. The summed E-state index contributed by atoms with van der Waals surface area (Å²) in [6.45, 7) is 0. The molecule has 0 bridgehead atoms. The molecule has 0 aliphatic carbocycles. The number of rotatable bonds is 3. The Morgan fingerprint density at radius 3 is 2.12 bits per heavy atom. The molecule has 3 rings (SSSR count). The third kappa shape index (κ3) is 3.46. The van der Waals surface area contributed by atoms with Crippen molar-refractivity contribution in [1.29, 1.82) is 0 Å². The van der Waals surface area contributed by atoms with Crippen molar-refractivity contribution in [3.63, 3.8) is 0 Å². The molecule has 3 aromatic rings. The molecule has 7 heteroatoms. The van der Waals surface area contributed by atoms with E-state index in [1.54, 1.807) is 49.1 Å². The Bertz CT molecular complexity index is 926. The molecular weight excluding hydrogens is 343 g/mol. The van der Waals surface area contributed by atoms with Crippen LogP contribution in [0.5, 0.6) is 0 Å². The Hall–Kier alpha value is -3.09. The van der Waals surface area contributed by atoms with Gasteiger partial charge in [-0.1, -0.05) is 24.3 Å². The minimum absolute atomic E-state index is 0.178. The van der Waals surface area contributed by atoms with Gasteiger partial charge in [0.15, 0.2) is 0 Å². The SMILES string of the molecule is CNC(=O)c1ccc(-c2cc(-c3ccc(C(F)(F)F)cc3)n(C)n2)cc1. The number of amides is 1. The molecule has 0 saturated heterocycles. The molecule has 26 heavy (non-hydrogen) atoms. The molecule has 1 heterocycles. The molecule has 0 atom stereocenters. The van der Waals surface area contributed by atoms with Crippen molar-refractivity contribution in [3.8, 4) is 22.5 Å². The number of halogens is 3. The smallest absolute Gasteiger partial charge is 0.355 e. The highest BCUT2D eigenvalue weighted by atomic mass is 19.4. The maximum atomic E-state index is 12.7. The van der Waals surface area contributed by atoms with E-state index >= 15 is 0 Å². The summed E-state index contributed by atoms with van der Waals surface area (Å²) in [7, 11) is 3.29. The highest BCUT2D eigenvalue weighted by Gasteiger charge is 2.30. The lowest BCUT2D eigenvalue weighted by atomic mass is 10.1. The van der Waals surface area contributed by atoms with Crippen molar-refractivity contribution >= 4 is 5.91 Å². The van der Waals surface area contributed by atoms with Crippen molar-refractivity contribution in [2.75, 3.05) is 7.05 Å². The molecule has 0 radical (unpaired) electrons. The summed E-state index contributed by atoms with van der Waals surface area (Å²) in [5.41, 5.74) is 2.67. The molecule has 0 saturated carbocycles. The number of benzene rings is 2. The molecule has 0 aliphatic rings. The average molecular weight is 359 g/mol. The van der Waals surface area contributed by atoms with Gasteiger partial charge < -0.3 is 5.32 Å². The average Bonchev–Trinajstić information content (AvgIpc) is 3.02. The predicted octanol–water partition coefficient (Wildman–Crippen LogP) is 4.13. The summed E-state index contributed by atoms with van der Waals surface area (Å²) < 4.78 is 39.7. The lowest BCUT2D eigenvalue weighted by Crippen LogP contribution is -2.17. The number of hydrogen-bond acceptors (Lipinski definition) is 2. The lowest BCUT2D eigenvalue weighted by Gasteiger charge is -2.07. The zero-order chi connectivity index (χ0) is 18.9. The Morgan fingerprint density at radius 1 is 1.00 bits per heavy atom. The van der Waals surface area contributed by atoms with Crippen LogP contribution >= 0.6 is 0 Å². The normalized spacial score (nSPS) is 11.4. The van der Waals surface area contributed by atoms with Gasteiger partial charge in [0.05, 0.1) is 17.0 Å². The van der Waals surface area contributed by atoms with Gasteiger partial charge in [0.25, 0.3) is 5.91 Å². The summed E-state index contributed by atoms with van der Waals surface area (Å²) in [5.74, 6) is -0.178. The molecule has 0 fully saturated rings. The maximum Gasteiger partial charge on any atom is 0.416 e. The summed E-state index contributed by atoms with van der Waals surface area (Å²) >= 11 is 0. The van der Waals surface area contributed by atoms with Crippen molar-refractivity contribution in [1.82, 2.24) is 15.1 Å². The number of carbonyl (C=O) groups is 1. The first kappa shape index (κ1) is 17.7. The number of nitrogens with one attached hydrogen (secondary N) is 1. The second kappa shape index (κ2) is 6.67. The van der Waals surface area contributed by atoms with Gasteiger partial charge in [0.1, 0.15) is 0 Å². The molecule has 1 amide bonds. The lowest BCUT2D eigenvalue weighted by molar-refractivity contribution is -0.137. The fourth-order valence-corrected chi connectivity index (χ4v) is 2.65. The molecule has 0 aliphatic heterocycles. The van der Waals surface area contributed by atoms with E-state index in [0.717, 1.165) is 17.7 Å². The van der Waals surface area contributed by atoms with Crippen molar-refractivity contribution in [3.05, 3.63) is 65.7 Å². The highest BCUT2D eigenvalue weighted by Crippen LogP contribution is 2.32. The molecule has 2 aromatic carbocycles. The summed E-state index contributed by atoms with van der Waals surface area (Å²) in [5, 5.41) is 6.97. The fraction of sp³-hybridized carbons (Fsp3) is 0.158. The van der Waals surface area contributed by atoms with Crippen LogP contribution in [-0.2, 0) is 13.2 Å². The van der Waals surface area contributed by atoms with Gasteiger partial charge in [-0.2, -0.15) is 18.3 Å². The van der Waals surface area contributed by atoms with E-state index in [-0.39, 0.29) is 5.91 Å². The Labute approximate surface area is 148 Å². The topological polar surface area (TPSA) is 46.9 Å². The van der Waals surface area contributed by atoms with Crippen LogP contribution in [0.25, 0.3) is 22.5 Å². The largest absolute Gasteiger partial charge is 0.416 e. The first-order chi connectivity index (χ1) is 12.3. The molecular formula is C19H16F3N3O. The number of alkyl halides is 3. The van der Waals surface area contributed by atoms with Crippen LogP contribution in [0.4, 0.5) is 13.2 Å². The van der Waals surface area contributed by atoms with Gasteiger partial charge >= 0.3 is 6.18 Å². The van der Waals surface area contributed by atoms with E-state index in [9.17, 15) is 18.0 Å². The minimum Gasteiger partial charge on any atom is -0.355 e. The number of hydrogen-bond donors (Lipinski definition) is 1. The fourth-order valence-electron chi connectivity index (χ4n) is 2.65. The highest BCUT2D eigenvalue weighted by molar-refractivity contribution is 5.94. The van der Waals surface area contributed by atoms with Crippen molar-refractivity contribution in [2.24, 2.45) is 7.05 Å². The van der Waals surface area contributed by atoms with E-state index in [4.69, 9.17) is 0 Å². The zero-order valence-electron chi connectivity index (χ0n) is 14.1. The van der Waals surface area contributed by atoms with Gasteiger partial charge in [0, 0.05) is 25.2 Å². The predicted molar refractivity (Wildman–Crippen MR) is 92.5 cm³/mol. The van der Waals surface area contributed by atoms with Crippen LogP contribution in [0, 0.1) is 0 Å². The molecule has 1 aromatic heterocycles. The molecule has 0 unspecified atom stereocenters. The number of carbonyl (C=O) groups excluding carboxylic acids is 1. The van der Waals surface area contributed by atoms with Crippen molar-refractivity contribution in [2.45, 2.75) is 6.18 Å². The van der Waals surface area contributed by atoms with Gasteiger partial charge in [-0.15, -0.1) is 0 Å². The quantitative estimate of drug-likeness (QED) is 0.764. The van der Waals surface area contributed by atoms with E-state index in [1.165, 1.54) is 12.1 Å². The molecule has 4 nitrogen and oxygen atoms in total. The van der Waals surface area contributed by atoms with Crippen LogP contribution < -0.4 is 5.32 Å². The van der Waals surface area contributed by atoms with E-state index < -0.39 is 11.7 Å². The maximum absolute atomic E-state index is 12.7. The van der Waals surface area contributed by atoms with Crippen LogP contribution in [0.2, 0.25) is 0 Å². The second-order valence-electron chi connectivity index (χ2n) is 5.77. The van der Waals surface area contributed by atoms with Crippen LogP contribution in [0.15, 0.2) is 54.6 Å². The molecule has 1 N–H and O–H groups in total. The number of nitrogens with zero attached hydrogens (tertiary/aromatic N) is 2. The second-order valence-corrected chi connectivity index (χ2v) is 5.77. The van der Waals surface area contributed by atoms with Crippen molar-refractivity contribution < 1.29 is 18.0 Å². The van der Waals surface area contributed by atoms with E-state index in [1.807, 2.05) is 0 Å². The van der Waals surface area contributed by atoms with Gasteiger partial charge in [-0.3, -0.25) is 9.48 Å². The molecule has 134 valence electrons.